The van der Waals surface area contributed by atoms with Crippen molar-refractivity contribution < 1.29 is 13.5 Å². The molecule has 0 amide bonds. The first-order valence-electron chi connectivity index (χ1n) is 11.8. The molecule has 7 rings (SSSR count). The SMILES string of the molecule is Cn1cc(-c2cc(NS(C)(=O)=O)ccc2NC23CC4CC(CC(O)(C4)C2)C3)c2cc[nH]c2c1=O. The number of fused-ring (bicyclic) bond motifs is 1. The van der Waals surface area contributed by atoms with Gasteiger partial charge in [0.2, 0.25) is 10.0 Å². The van der Waals surface area contributed by atoms with E-state index < -0.39 is 15.6 Å². The van der Waals surface area contributed by atoms with Crippen LogP contribution in [0, 0.1) is 11.8 Å². The number of aromatic amines is 1. The molecule has 0 radical (unpaired) electrons. The van der Waals surface area contributed by atoms with E-state index in [0.717, 1.165) is 60.6 Å². The van der Waals surface area contributed by atoms with Crippen molar-refractivity contribution in [1.82, 2.24) is 9.55 Å². The summed E-state index contributed by atoms with van der Waals surface area (Å²) in [7, 11) is -1.74. The molecule has 4 aliphatic carbocycles. The molecular formula is C25H30N4O4S. The lowest BCUT2D eigenvalue weighted by Gasteiger charge is -2.60. The third-order valence-electron chi connectivity index (χ3n) is 7.94. The Morgan fingerprint density at radius 3 is 2.53 bits per heavy atom. The van der Waals surface area contributed by atoms with Crippen LogP contribution in [0.4, 0.5) is 11.4 Å². The minimum absolute atomic E-state index is 0.119. The molecule has 2 aromatic heterocycles. The zero-order chi connectivity index (χ0) is 23.9. The Labute approximate surface area is 198 Å². The predicted octanol–water partition coefficient (Wildman–Crippen LogP) is 3.40. The predicted molar refractivity (Wildman–Crippen MR) is 133 cm³/mol. The van der Waals surface area contributed by atoms with Crippen molar-refractivity contribution >= 4 is 32.3 Å². The van der Waals surface area contributed by atoms with Crippen molar-refractivity contribution in [3.63, 3.8) is 0 Å². The molecule has 2 unspecified atom stereocenters. The van der Waals surface area contributed by atoms with Crippen LogP contribution in [0.1, 0.15) is 38.5 Å². The molecule has 3 aromatic rings. The topological polar surface area (TPSA) is 116 Å². The Morgan fingerprint density at radius 2 is 1.85 bits per heavy atom. The fraction of sp³-hybridized carbons (Fsp3) is 0.480. The summed E-state index contributed by atoms with van der Waals surface area (Å²) in [4.78, 5) is 15.7. The maximum atomic E-state index is 12.6. The molecule has 0 aliphatic heterocycles. The normalized spacial score (nSPS) is 30.1. The van der Waals surface area contributed by atoms with Gasteiger partial charge in [0.1, 0.15) is 5.52 Å². The summed E-state index contributed by atoms with van der Waals surface area (Å²) in [6, 6.07) is 7.37. The lowest BCUT2D eigenvalue weighted by Crippen LogP contribution is -2.62. The van der Waals surface area contributed by atoms with Gasteiger partial charge in [-0.15, -0.1) is 0 Å². The number of sulfonamides is 1. The van der Waals surface area contributed by atoms with Crippen LogP contribution >= 0.6 is 0 Å². The molecule has 2 atom stereocenters. The number of aryl methyl sites for hydroxylation is 1. The fourth-order valence-electron chi connectivity index (χ4n) is 7.28. The number of aliphatic hydroxyl groups is 1. The second kappa shape index (κ2) is 7.11. The monoisotopic (exact) mass is 482 g/mol. The molecule has 34 heavy (non-hydrogen) atoms. The molecule has 8 nitrogen and oxygen atoms in total. The highest BCUT2D eigenvalue weighted by atomic mass is 32.2. The van der Waals surface area contributed by atoms with Crippen molar-refractivity contribution in [1.29, 1.82) is 0 Å². The second-order valence-electron chi connectivity index (χ2n) is 11.0. The van der Waals surface area contributed by atoms with Gasteiger partial charge in [0, 0.05) is 52.9 Å². The van der Waals surface area contributed by atoms with Crippen LogP contribution in [0.5, 0.6) is 0 Å². The van der Waals surface area contributed by atoms with E-state index in [-0.39, 0.29) is 11.1 Å². The van der Waals surface area contributed by atoms with E-state index in [1.807, 2.05) is 18.2 Å². The highest BCUT2D eigenvalue weighted by molar-refractivity contribution is 7.92. The number of nitrogens with one attached hydrogen (secondary N) is 3. The summed E-state index contributed by atoms with van der Waals surface area (Å²) in [5, 5.41) is 15.8. The Balaban J connectivity index is 1.50. The van der Waals surface area contributed by atoms with E-state index in [0.29, 0.717) is 23.0 Å². The van der Waals surface area contributed by atoms with Crippen LogP contribution in [0.15, 0.2) is 41.5 Å². The van der Waals surface area contributed by atoms with Gasteiger partial charge in [-0.3, -0.25) is 9.52 Å². The summed E-state index contributed by atoms with van der Waals surface area (Å²) in [6.45, 7) is 0. The van der Waals surface area contributed by atoms with E-state index in [9.17, 15) is 18.3 Å². The summed E-state index contributed by atoms with van der Waals surface area (Å²) >= 11 is 0. The molecule has 180 valence electrons. The number of hydrogen-bond acceptors (Lipinski definition) is 5. The number of benzene rings is 1. The third kappa shape index (κ3) is 3.62. The first kappa shape index (κ1) is 21.7. The standard InChI is InChI=1S/C25H30N4O4S/c1-29-13-20(18-5-6-26-22(18)23(29)30)19-8-17(28-34(2,32)33)3-4-21(19)27-24-9-15-7-16(10-24)12-25(31,11-15)14-24/h3-6,8,13,15-16,26-28,31H,7,9-12,14H2,1-2H3. The minimum atomic E-state index is -3.45. The van der Waals surface area contributed by atoms with E-state index in [4.69, 9.17) is 0 Å². The van der Waals surface area contributed by atoms with Gasteiger partial charge in [-0.1, -0.05) is 0 Å². The number of anilines is 2. The Kier molecular flexibility index (Phi) is 4.55. The molecule has 0 spiro atoms. The van der Waals surface area contributed by atoms with Crippen LogP contribution in [0.2, 0.25) is 0 Å². The van der Waals surface area contributed by atoms with Crippen molar-refractivity contribution in [3.05, 3.63) is 47.0 Å². The summed E-state index contributed by atoms with van der Waals surface area (Å²) < 4.78 is 28.0. The van der Waals surface area contributed by atoms with E-state index >= 15 is 0 Å². The van der Waals surface area contributed by atoms with Gasteiger partial charge in [-0.2, -0.15) is 0 Å². The zero-order valence-corrected chi connectivity index (χ0v) is 20.2. The van der Waals surface area contributed by atoms with E-state index in [1.165, 1.54) is 6.42 Å². The Morgan fingerprint density at radius 1 is 1.12 bits per heavy atom. The number of nitrogens with zero attached hydrogens (tertiary/aromatic N) is 1. The molecule has 4 aliphatic rings. The van der Waals surface area contributed by atoms with Crippen LogP contribution in [-0.4, -0.2) is 40.5 Å². The molecule has 4 N–H and O–H groups in total. The molecular weight excluding hydrogens is 452 g/mol. The molecule has 4 bridgehead atoms. The molecule has 9 heteroatoms. The van der Waals surface area contributed by atoms with Gasteiger partial charge in [0.15, 0.2) is 0 Å². The van der Waals surface area contributed by atoms with E-state index in [1.54, 1.807) is 30.1 Å². The van der Waals surface area contributed by atoms with Gasteiger partial charge in [-0.25, -0.2) is 8.42 Å². The molecule has 1 aromatic carbocycles. The van der Waals surface area contributed by atoms with Crippen molar-refractivity contribution in [2.45, 2.75) is 49.7 Å². The summed E-state index contributed by atoms with van der Waals surface area (Å²) in [5.74, 6) is 1.06. The number of H-pyrrole nitrogens is 1. The lowest BCUT2D eigenvalue weighted by atomic mass is 9.51. The Bertz CT molecular complexity index is 1460. The first-order valence-corrected chi connectivity index (χ1v) is 13.7. The number of rotatable bonds is 5. The van der Waals surface area contributed by atoms with Gasteiger partial charge in [-0.05, 0) is 74.6 Å². The maximum Gasteiger partial charge on any atom is 0.274 e. The average Bonchev–Trinajstić information content (AvgIpc) is 3.19. The zero-order valence-electron chi connectivity index (χ0n) is 19.4. The van der Waals surface area contributed by atoms with Crippen LogP contribution in [0.3, 0.4) is 0 Å². The molecule has 4 saturated carbocycles. The van der Waals surface area contributed by atoms with Crippen molar-refractivity contribution in [2.75, 3.05) is 16.3 Å². The number of aromatic nitrogens is 2. The average molecular weight is 483 g/mol. The van der Waals surface area contributed by atoms with Crippen LogP contribution in [-0.2, 0) is 17.1 Å². The highest BCUT2D eigenvalue weighted by Gasteiger charge is 2.57. The van der Waals surface area contributed by atoms with Crippen molar-refractivity contribution in [2.24, 2.45) is 18.9 Å². The van der Waals surface area contributed by atoms with Crippen molar-refractivity contribution in [3.8, 4) is 11.1 Å². The lowest BCUT2D eigenvalue weighted by molar-refractivity contribution is -0.127. The highest BCUT2D eigenvalue weighted by Crippen LogP contribution is 2.58. The largest absolute Gasteiger partial charge is 0.390 e. The Hall–Kier alpha value is -2.78. The summed E-state index contributed by atoms with van der Waals surface area (Å²) in [5.41, 5.74) is 2.61. The minimum Gasteiger partial charge on any atom is -0.390 e. The fourth-order valence-corrected chi connectivity index (χ4v) is 7.84. The van der Waals surface area contributed by atoms with Gasteiger partial charge in [0.25, 0.3) is 5.56 Å². The molecule has 4 fully saturated rings. The molecule has 0 saturated heterocycles. The molecule has 2 heterocycles. The second-order valence-corrected chi connectivity index (χ2v) is 12.7. The first-order chi connectivity index (χ1) is 16.0. The smallest absolute Gasteiger partial charge is 0.274 e. The van der Waals surface area contributed by atoms with E-state index in [2.05, 4.69) is 15.0 Å². The van der Waals surface area contributed by atoms with Crippen LogP contribution < -0.4 is 15.6 Å². The number of pyridine rings is 1. The summed E-state index contributed by atoms with van der Waals surface area (Å²) in [6.07, 6.45) is 10.4. The maximum absolute atomic E-state index is 12.6. The number of hydrogen-bond donors (Lipinski definition) is 4. The van der Waals surface area contributed by atoms with Crippen LogP contribution in [0.25, 0.3) is 22.0 Å². The third-order valence-corrected chi connectivity index (χ3v) is 8.54. The quantitative estimate of drug-likeness (QED) is 0.445. The van der Waals surface area contributed by atoms with Gasteiger partial charge in [0.05, 0.1) is 11.9 Å². The van der Waals surface area contributed by atoms with Gasteiger partial charge < -0.3 is 20.0 Å². The van der Waals surface area contributed by atoms with Gasteiger partial charge >= 0.3 is 0 Å².